The smallest absolute Gasteiger partial charge is 0.261 e. The number of hydrogen-bond acceptors (Lipinski definition) is 4. The molecule has 0 atom stereocenters. The highest BCUT2D eigenvalue weighted by molar-refractivity contribution is 5.34. The van der Waals surface area contributed by atoms with Gasteiger partial charge in [0.25, 0.3) is 6.43 Å². The Labute approximate surface area is 93.1 Å². The summed E-state index contributed by atoms with van der Waals surface area (Å²) >= 11 is 0. The molecule has 1 aromatic rings. The molecule has 4 nitrogen and oxygen atoms in total. The number of alkyl halides is 2. The van der Waals surface area contributed by atoms with Gasteiger partial charge < -0.3 is 10.1 Å². The molecule has 0 fully saturated rings. The van der Waals surface area contributed by atoms with E-state index in [1.807, 2.05) is 13.0 Å². The molecule has 0 amide bonds. The van der Waals surface area contributed by atoms with Crippen LogP contribution in [0.5, 0.6) is 0 Å². The van der Waals surface area contributed by atoms with E-state index < -0.39 is 13.0 Å². The molecule has 1 aromatic heterocycles. The minimum absolute atomic E-state index is 0.232. The lowest BCUT2D eigenvalue weighted by atomic mass is 10.3. The lowest BCUT2D eigenvalue weighted by molar-refractivity contribution is 0.0215. The van der Waals surface area contributed by atoms with E-state index >= 15 is 0 Å². The standard InChI is InChI=1S/C10H15F2N3O/c1-2-8-5-10(15-7-14-8)13-3-4-16-6-9(11)12/h5,7,9H,2-4,6H2,1H3,(H,13,14,15). The molecule has 0 unspecified atom stereocenters. The zero-order chi connectivity index (χ0) is 11.8. The van der Waals surface area contributed by atoms with Crippen molar-refractivity contribution in [3.63, 3.8) is 0 Å². The minimum Gasteiger partial charge on any atom is -0.374 e. The minimum atomic E-state index is -2.41. The Morgan fingerprint density at radius 1 is 1.44 bits per heavy atom. The molecule has 1 rings (SSSR count). The molecule has 16 heavy (non-hydrogen) atoms. The number of nitrogens with zero attached hydrogens (tertiary/aromatic N) is 2. The van der Waals surface area contributed by atoms with Crippen molar-refractivity contribution in [2.45, 2.75) is 19.8 Å². The highest BCUT2D eigenvalue weighted by Crippen LogP contribution is 2.03. The third-order valence-electron chi connectivity index (χ3n) is 1.88. The van der Waals surface area contributed by atoms with E-state index in [1.165, 1.54) is 6.33 Å². The number of aromatic nitrogens is 2. The summed E-state index contributed by atoms with van der Waals surface area (Å²) < 4.78 is 28.2. The van der Waals surface area contributed by atoms with E-state index in [-0.39, 0.29) is 6.61 Å². The predicted molar refractivity (Wildman–Crippen MR) is 56.7 cm³/mol. The highest BCUT2D eigenvalue weighted by atomic mass is 19.3. The van der Waals surface area contributed by atoms with Crippen LogP contribution in [-0.2, 0) is 11.2 Å². The molecule has 0 saturated heterocycles. The second-order valence-corrected chi connectivity index (χ2v) is 3.14. The summed E-state index contributed by atoms with van der Waals surface area (Å²) in [5, 5.41) is 2.97. The fourth-order valence-corrected chi connectivity index (χ4v) is 1.11. The molecular weight excluding hydrogens is 216 g/mol. The first-order valence-electron chi connectivity index (χ1n) is 5.13. The topological polar surface area (TPSA) is 47.0 Å². The molecule has 0 aliphatic heterocycles. The van der Waals surface area contributed by atoms with Gasteiger partial charge >= 0.3 is 0 Å². The summed E-state index contributed by atoms with van der Waals surface area (Å²) in [5.41, 5.74) is 0.936. The molecule has 0 aliphatic carbocycles. The zero-order valence-corrected chi connectivity index (χ0v) is 9.12. The van der Waals surface area contributed by atoms with E-state index in [1.54, 1.807) is 0 Å². The first-order chi connectivity index (χ1) is 7.72. The largest absolute Gasteiger partial charge is 0.374 e. The summed E-state index contributed by atoms with van der Waals surface area (Å²) in [6.07, 6.45) is -0.106. The van der Waals surface area contributed by atoms with E-state index in [4.69, 9.17) is 4.74 Å². The van der Waals surface area contributed by atoms with Crippen LogP contribution >= 0.6 is 0 Å². The van der Waals surface area contributed by atoms with Crippen LogP contribution in [0.15, 0.2) is 12.4 Å². The van der Waals surface area contributed by atoms with Gasteiger partial charge in [0.05, 0.1) is 6.61 Å². The van der Waals surface area contributed by atoms with Crippen molar-refractivity contribution in [2.75, 3.05) is 25.1 Å². The lowest BCUT2D eigenvalue weighted by Gasteiger charge is -2.06. The Morgan fingerprint density at radius 3 is 2.94 bits per heavy atom. The van der Waals surface area contributed by atoms with Crippen LogP contribution < -0.4 is 5.32 Å². The van der Waals surface area contributed by atoms with Crippen LogP contribution in [-0.4, -0.2) is 36.2 Å². The van der Waals surface area contributed by atoms with Crippen LogP contribution in [0.25, 0.3) is 0 Å². The number of aryl methyl sites for hydroxylation is 1. The molecule has 1 heterocycles. The van der Waals surface area contributed by atoms with Crippen LogP contribution in [0.1, 0.15) is 12.6 Å². The maximum Gasteiger partial charge on any atom is 0.261 e. The van der Waals surface area contributed by atoms with Crippen molar-refractivity contribution < 1.29 is 13.5 Å². The molecule has 0 radical (unpaired) electrons. The van der Waals surface area contributed by atoms with Gasteiger partial charge in [-0.1, -0.05) is 6.92 Å². The zero-order valence-electron chi connectivity index (χ0n) is 9.12. The van der Waals surface area contributed by atoms with Crippen molar-refractivity contribution in [2.24, 2.45) is 0 Å². The van der Waals surface area contributed by atoms with Crippen molar-refractivity contribution in [1.82, 2.24) is 9.97 Å². The molecule has 1 N–H and O–H groups in total. The molecule has 0 aromatic carbocycles. The molecule has 6 heteroatoms. The first kappa shape index (κ1) is 12.8. The molecule has 90 valence electrons. The maximum absolute atomic E-state index is 11.7. The van der Waals surface area contributed by atoms with Crippen molar-refractivity contribution in [3.8, 4) is 0 Å². The average molecular weight is 231 g/mol. The Bertz CT molecular complexity index is 310. The van der Waals surface area contributed by atoms with Gasteiger partial charge in [-0.25, -0.2) is 18.7 Å². The quantitative estimate of drug-likeness (QED) is 0.726. The fraction of sp³-hybridized carbons (Fsp3) is 0.600. The van der Waals surface area contributed by atoms with Gasteiger partial charge in [-0.3, -0.25) is 0 Å². The second-order valence-electron chi connectivity index (χ2n) is 3.14. The molecule has 0 aliphatic rings. The molecule has 0 spiro atoms. The maximum atomic E-state index is 11.7. The summed E-state index contributed by atoms with van der Waals surface area (Å²) in [6, 6.07) is 1.83. The van der Waals surface area contributed by atoms with Gasteiger partial charge in [0.2, 0.25) is 0 Å². The summed E-state index contributed by atoms with van der Waals surface area (Å²) in [6.45, 7) is 2.16. The lowest BCUT2D eigenvalue weighted by Crippen LogP contribution is -2.13. The van der Waals surface area contributed by atoms with Gasteiger partial charge in [-0.15, -0.1) is 0 Å². The molecular formula is C10H15F2N3O. The van der Waals surface area contributed by atoms with Crippen molar-refractivity contribution in [3.05, 3.63) is 18.1 Å². The van der Waals surface area contributed by atoms with Crippen LogP contribution in [0.4, 0.5) is 14.6 Å². The van der Waals surface area contributed by atoms with Crippen LogP contribution in [0.3, 0.4) is 0 Å². The number of ether oxygens (including phenoxy) is 1. The number of anilines is 1. The van der Waals surface area contributed by atoms with Gasteiger partial charge in [-0.2, -0.15) is 0 Å². The van der Waals surface area contributed by atoms with Crippen molar-refractivity contribution >= 4 is 5.82 Å². The summed E-state index contributed by atoms with van der Waals surface area (Å²) in [5.74, 6) is 0.687. The number of halogens is 2. The monoisotopic (exact) mass is 231 g/mol. The van der Waals surface area contributed by atoms with E-state index in [0.29, 0.717) is 12.4 Å². The summed E-state index contributed by atoms with van der Waals surface area (Å²) in [7, 11) is 0. The predicted octanol–water partition coefficient (Wildman–Crippen LogP) is 1.73. The SMILES string of the molecule is CCc1cc(NCCOCC(F)F)ncn1. The molecule has 0 bridgehead atoms. The van der Waals surface area contributed by atoms with Gasteiger partial charge in [0.1, 0.15) is 18.8 Å². The van der Waals surface area contributed by atoms with Crippen molar-refractivity contribution in [1.29, 1.82) is 0 Å². The van der Waals surface area contributed by atoms with Gasteiger partial charge in [-0.05, 0) is 6.42 Å². The Balaban J connectivity index is 2.21. The average Bonchev–Trinajstić information content (AvgIpc) is 2.28. The second kappa shape index (κ2) is 7.05. The Morgan fingerprint density at radius 2 is 2.25 bits per heavy atom. The Hall–Kier alpha value is -1.30. The Kier molecular flexibility index (Phi) is 5.63. The number of hydrogen-bond donors (Lipinski definition) is 1. The normalized spacial score (nSPS) is 10.8. The van der Waals surface area contributed by atoms with E-state index in [2.05, 4.69) is 15.3 Å². The first-order valence-corrected chi connectivity index (χ1v) is 5.13. The molecule has 0 saturated carbocycles. The third-order valence-corrected chi connectivity index (χ3v) is 1.88. The summed E-state index contributed by atoms with van der Waals surface area (Å²) in [4.78, 5) is 8.04. The fourth-order valence-electron chi connectivity index (χ4n) is 1.11. The van der Waals surface area contributed by atoms with Crippen LogP contribution in [0.2, 0.25) is 0 Å². The van der Waals surface area contributed by atoms with Gasteiger partial charge in [0, 0.05) is 18.3 Å². The third kappa shape index (κ3) is 4.97. The number of nitrogens with one attached hydrogen (secondary N) is 1. The van der Waals surface area contributed by atoms with Crippen LogP contribution in [0, 0.1) is 0 Å². The van der Waals surface area contributed by atoms with E-state index in [9.17, 15) is 8.78 Å². The number of rotatable bonds is 7. The van der Waals surface area contributed by atoms with E-state index in [0.717, 1.165) is 12.1 Å². The highest BCUT2D eigenvalue weighted by Gasteiger charge is 2.01. The van der Waals surface area contributed by atoms with Gasteiger partial charge in [0.15, 0.2) is 0 Å².